The normalized spacial score (nSPS) is 22.6. The molecule has 5 heteroatoms. The van der Waals surface area contributed by atoms with Crippen molar-refractivity contribution in [1.29, 1.82) is 0 Å². The molecule has 1 fully saturated rings. The molecule has 1 saturated carbocycles. The fourth-order valence-electron chi connectivity index (χ4n) is 2.09. The first-order valence-corrected chi connectivity index (χ1v) is 6.22. The number of benzene rings is 1. The predicted molar refractivity (Wildman–Crippen MR) is 66.8 cm³/mol. The minimum absolute atomic E-state index is 0.237. The fraction of sp³-hybridized carbons (Fsp3) is 0.286. The number of carbonyl (C=O) groups is 1. The van der Waals surface area contributed by atoms with Gasteiger partial charge in [-0.1, -0.05) is 6.07 Å². The SMILES string of the molecule is O=C1OC(C2CC2)=N/C1=C/c1ccc2c(c1)OCO2. The lowest BCUT2D eigenvalue weighted by Crippen LogP contribution is -2.05. The van der Waals surface area contributed by atoms with E-state index in [1.165, 1.54) is 0 Å². The standard InChI is InChI=1S/C14H11NO4/c16-14-10(15-13(19-14)9-2-3-9)5-8-1-4-11-12(6-8)18-7-17-11/h1,4-6,9H,2-3,7H2/b10-5+. The Balaban J connectivity index is 1.66. The topological polar surface area (TPSA) is 57.1 Å². The van der Waals surface area contributed by atoms with Crippen LogP contribution in [-0.2, 0) is 9.53 Å². The summed E-state index contributed by atoms with van der Waals surface area (Å²) < 4.78 is 15.7. The number of nitrogens with zero attached hydrogens (tertiary/aromatic N) is 1. The van der Waals surface area contributed by atoms with Crippen molar-refractivity contribution in [2.45, 2.75) is 12.8 Å². The number of ether oxygens (including phenoxy) is 3. The third-order valence-corrected chi connectivity index (χ3v) is 3.26. The van der Waals surface area contributed by atoms with Gasteiger partial charge < -0.3 is 14.2 Å². The van der Waals surface area contributed by atoms with Crippen molar-refractivity contribution in [3.8, 4) is 11.5 Å². The number of hydrogen-bond donors (Lipinski definition) is 0. The molecule has 3 aliphatic rings. The van der Waals surface area contributed by atoms with E-state index in [0.717, 1.165) is 24.2 Å². The number of carbonyl (C=O) groups excluding carboxylic acids is 1. The minimum Gasteiger partial charge on any atom is -0.454 e. The molecule has 0 unspecified atom stereocenters. The molecular weight excluding hydrogens is 246 g/mol. The van der Waals surface area contributed by atoms with Gasteiger partial charge in [0, 0.05) is 5.92 Å². The summed E-state index contributed by atoms with van der Waals surface area (Å²) in [6.07, 6.45) is 3.83. The van der Waals surface area contributed by atoms with Crippen molar-refractivity contribution in [1.82, 2.24) is 0 Å². The summed E-state index contributed by atoms with van der Waals surface area (Å²) in [5.74, 6) is 1.94. The van der Waals surface area contributed by atoms with Gasteiger partial charge in [-0.3, -0.25) is 0 Å². The molecule has 0 saturated heterocycles. The summed E-state index contributed by atoms with van der Waals surface area (Å²) >= 11 is 0. The highest BCUT2D eigenvalue weighted by Gasteiger charge is 2.35. The lowest BCUT2D eigenvalue weighted by atomic mass is 10.1. The second-order valence-electron chi connectivity index (χ2n) is 4.76. The molecular formula is C14H11NO4. The molecule has 4 rings (SSSR count). The maximum atomic E-state index is 11.7. The van der Waals surface area contributed by atoms with Gasteiger partial charge in [0.15, 0.2) is 17.2 Å². The Labute approximate surface area is 109 Å². The van der Waals surface area contributed by atoms with Gasteiger partial charge in [-0.25, -0.2) is 9.79 Å². The maximum absolute atomic E-state index is 11.7. The molecule has 0 N–H and O–H groups in total. The van der Waals surface area contributed by atoms with Gasteiger partial charge in [-0.05, 0) is 36.6 Å². The number of rotatable bonds is 2. The summed E-state index contributed by atoms with van der Waals surface area (Å²) in [5, 5.41) is 0. The smallest absolute Gasteiger partial charge is 0.363 e. The van der Waals surface area contributed by atoms with Crippen LogP contribution in [0.3, 0.4) is 0 Å². The number of cyclic esters (lactones) is 1. The Morgan fingerprint density at radius 3 is 2.89 bits per heavy atom. The Morgan fingerprint density at radius 1 is 1.21 bits per heavy atom. The number of hydrogen-bond acceptors (Lipinski definition) is 5. The third-order valence-electron chi connectivity index (χ3n) is 3.26. The largest absolute Gasteiger partial charge is 0.454 e. The van der Waals surface area contributed by atoms with Gasteiger partial charge in [0.05, 0.1) is 0 Å². The molecule has 1 aliphatic carbocycles. The van der Waals surface area contributed by atoms with Crippen LogP contribution in [0.25, 0.3) is 6.08 Å². The number of esters is 1. The second-order valence-corrected chi connectivity index (χ2v) is 4.76. The van der Waals surface area contributed by atoms with Gasteiger partial charge in [-0.15, -0.1) is 0 Å². The van der Waals surface area contributed by atoms with Gasteiger partial charge in [0.2, 0.25) is 12.7 Å². The van der Waals surface area contributed by atoms with E-state index in [1.54, 1.807) is 6.08 Å². The zero-order valence-corrected chi connectivity index (χ0v) is 10.1. The molecule has 96 valence electrons. The van der Waals surface area contributed by atoms with E-state index in [2.05, 4.69) is 4.99 Å². The van der Waals surface area contributed by atoms with E-state index in [1.807, 2.05) is 18.2 Å². The molecule has 2 heterocycles. The van der Waals surface area contributed by atoms with E-state index in [4.69, 9.17) is 14.2 Å². The Bertz CT molecular complexity index is 628. The van der Waals surface area contributed by atoms with Crippen molar-refractivity contribution in [2.24, 2.45) is 10.9 Å². The molecule has 1 aromatic rings. The molecule has 19 heavy (non-hydrogen) atoms. The van der Waals surface area contributed by atoms with Crippen molar-refractivity contribution in [3.05, 3.63) is 29.5 Å². The van der Waals surface area contributed by atoms with Gasteiger partial charge in [0.1, 0.15) is 0 Å². The third kappa shape index (κ3) is 1.87. The lowest BCUT2D eigenvalue weighted by molar-refractivity contribution is -0.130. The van der Waals surface area contributed by atoms with Crippen molar-refractivity contribution in [3.63, 3.8) is 0 Å². The highest BCUT2D eigenvalue weighted by Crippen LogP contribution is 2.36. The summed E-state index contributed by atoms with van der Waals surface area (Å²) in [6, 6.07) is 5.51. The zero-order valence-electron chi connectivity index (χ0n) is 10.1. The van der Waals surface area contributed by atoms with Crippen molar-refractivity contribution in [2.75, 3.05) is 6.79 Å². The van der Waals surface area contributed by atoms with Gasteiger partial charge >= 0.3 is 5.97 Å². The van der Waals surface area contributed by atoms with Crippen LogP contribution < -0.4 is 9.47 Å². The number of fused-ring (bicyclic) bond motifs is 1. The Morgan fingerprint density at radius 2 is 2.05 bits per heavy atom. The zero-order chi connectivity index (χ0) is 12.8. The molecule has 5 nitrogen and oxygen atoms in total. The lowest BCUT2D eigenvalue weighted by Gasteiger charge is -1.97. The average Bonchev–Trinajstić information content (AvgIpc) is 3.05. The van der Waals surface area contributed by atoms with E-state index in [-0.39, 0.29) is 12.8 Å². The van der Waals surface area contributed by atoms with Crippen LogP contribution in [0.1, 0.15) is 18.4 Å². The van der Waals surface area contributed by atoms with E-state index in [9.17, 15) is 4.79 Å². The van der Waals surface area contributed by atoms with Crippen LogP contribution >= 0.6 is 0 Å². The first-order valence-electron chi connectivity index (χ1n) is 6.22. The highest BCUT2D eigenvalue weighted by molar-refractivity contribution is 6.08. The first-order chi connectivity index (χ1) is 9.29. The molecule has 0 radical (unpaired) electrons. The monoisotopic (exact) mass is 257 g/mol. The van der Waals surface area contributed by atoms with Crippen LogP contribution in [0, 0.1) is 5.92 Å². The average molecular weight is 257 g/mol. The van der Waals surface area contributed by atoms with Crippen molar-refractivity contribution >= 4 is 17.9 Å². The molecule has 2 aliphatic heterocycles. The summed E-state index contributed by atoms with van der Waals surface area (Å²) in [6.45, 7) is 0.237. The summed E-state index contributed by atoms with van der Waals surface area (Å²) in [5.41, 5.74) is 1.19. The molecule has 1 aromatic carbocycles. The minimum atomic E-state index is -0.375. The van der Waals surface area contributed by atoms with Gasteiger partial charge in [0.25, 0.3) is 0 Å². The second kappa shape index (κ2) is 3.85. The molecule has 0 aromatic heterocycles. The first kappa shape index (κ1) is 10.6. The van der Waals surface area contributed by atoms with Crippen LogP contribution in [-0.4, -0.2) is 18.7 Å². The van der Waals surface area contributed by atoms with E-state index >= 15 is 0 Å². The maximum Gasteiger partial charge on any atom is 0.363 e. The predicted octanol–water partition coefficient (Wildman–Crippen LogP) is 2.12. The quantitative estimate of drug-likeness (QED) is 0.601. The van der Waals surface area contributed by atoms with Crippen LogP contribution in [0.4, 0.5) is 0 Å². The van der Waals surface area contributed by atoms with Gasteiger partial charge in [-0.2, -0.15) is 0 Å². The van der Waals surface area contributed by atoms with Crippen LogP contribution in [0.15, 0.2) is 28.9 Å². The summed E-state index contributed by atoms with van der Waals surface area (Å²) in [7, 11) is 0. The Kier molecular flexibility index (Phi) is 2.15. The van der Waals surface area contributed by atoms with Crippen LogP contribution in [0.5, 0.6) is 11.5 Å². The van der Waals surface area contributed by atoms with E-state index < -0.39 is 0 Å². The molecule has 0 spiro atoms. The van der Waals surface area contributed by atoms with Crippen molar-refractivity contribution < 1.29 is 19.0 Å². The molecule has 0 amide bonds. The molecule has 0 atom stereocenters. The fourth-order valence-corrected chi connectivity index (χ4v) is 2.09. The highest BCUT2D eigenvalue weighted by atomic mass is 16.7. The van der Waals surface area contributed by atoms with E-state index in [0.29, 0.717) is 23.3 Å². The Hall–Kier alpha value is -2.30. The summed E-state index contributed by atoms with van der Waals surface area (Å²) in [4.78, 5) is 15.9. The molecule has 0 bridgehead atoms. The van der Waals surface area contributed by atoms with Crippen LogP contribution in [0.2, 0.25) is 0 Å². The number of aliphatic imine (C=N–C) groups is 1.